The number of primary amides is 1. The molecule has 0 aliphatic carbocycles. The third-order valence-electron chi connectivity index (χ3n) is 3.86. The number of aryl methyl sites for hydroxylation is 1. The minimum Gasteiger partial charge on any atom is -0.497 e. The Bertz CT molecular complexity index is 939. The molecule has 1 amide bonds. The second kappa shape index (κ2) is 8.17. The van der Waals surface area contributed by atoms with Gasteiger partial charge in [0.15, 0.2) is 0 Å². The fraction of sp³-hybridized carbons (Fsp3) is 0.222. The summed E-state index contributed by atoms with van der Waals surface area (Å²) in [6.45, 7) is 3.20. The Morgan fingerprint density at radius 1 is 1.33 bits per heavy atom. The smallest absolute Gasteiger partial charge is 0.254 e. The predicted molar refractivity (Wildman–Crippen MR) is 102 cm³/mol. The number of benzene rings is 1. The number of anilines is 3. The van der Waals surface area contributed by atoms with Gasteiger partial charge in [-0.3, -0.25) is 9.48 Å². The molecule has 0 bridgehead atoms. The zero-order valence-electron chi connectivity index (χ0n) is 15.1. The molecule has 4 N–H and O–H groups in total. The second-order valence-corrected chi connectivity index (χ2v) is 5.73. The number of nitrogens with zero attached hydrogens (tertiary/aromatic N) is 4. The van der Waals surface area contributed by atoms with Gasteiger partial charge in [-0.15, -0.1) is 0 Å². The highest BCUT2D eigenvalue weighted by molar-refractivity contribution is 5.97. The Morgan fingerprint density at radius 3 is 2.89 bits per heavy atom. The summed E-state index contributed by atoms with van der Waals surface area (Å²) in [4.78, 5) is 20.2. The van der Waals surface area contributed by atoms with E-state index in [0.29, 0.717) is 18.3 Å². The maximum atomic E-state index is 11.7. The fourth-order valence-electron chi connectivity index (χ4n) is 2.46. The number of rotatable bonds is 8. The van der Waals surface area contributed by atoms with Crippen molar-refractivity contribution in [3.8, 4) is 5.75 Å². The van der Waals surface area contributed by atoms with E-state index in [2.05, 4.69) is 25.7 Å². The lowest BCUT2D eigenvalue weighted by Crippen LogP contribution is -2.17. The number of hydrogen-bond acceptors (Lipinski definition) is 7. The highest BCUT2D eigenvalue weighted by Crippen LogP contribution is 2.19. The first-order valence-electron chi connectivity index (χ1n) is 8.42. The van der Waals surface area contributed by atoms with Crippen molar-refractivity contribution >= 4 is 23.4 Å². The van der Waals surface area contributed by atoms with Gasteiger partial charge in [-0.25, -0.2) is 4.98 Å². The van der Waals surface area contributed by atoms with Crippen molar-refractivity contribution in [3.05, 3.63) is 54.0 Å². The maximum absolute atomic E-state index is 11.7. The van der Waals surface area contributed by atoms with Crippen molar-refractivity contribution in [2.45, 2.75) is 20.0 Å². The summed E-state index contributed by atoms with van der Waals surface area (Å²) >= 11 is 0. The van der Waals surface area contributed by atoms with Gasteiger partial charge in [0.25, 0.3) is 5.91 Å². The van der Waals surface area contributed by atoms with E-state index < -0.39 is 5.91 Å². The fourth-order valence-corrected chi connectivity index (χ4v) is 2.46. The van der Waals surface area contributed by atoms with Crippen LogP contribution in [0.15, 0.2) is 42.9 Å². The van der Waals surface area contributed by atoms with Crippen molar-refractivity contribution in [3.63, 3.8) is 0 Å². The van der Waals surface area contributed by atoms with Gasteiger partial charge in [-0.2, -0.15) is 10.1 Å². The van der Waals surface area contributed by atoms with Gasteiger partial charge in [-0.1, -0.05) is 12.1 Å². The normalized spacial score (nSPS) is 10.4. The lowest BCUT2D eigenvalue weighted by atomic mass is 10.2. The van der Waals surface area contributed by atoms with E-state index in [1.54, 1.807) is 18.0 Å². The summed E-state index contributed by atoms with van der Waals surface area (Å²) in [6, 6.07) is 7.60. The van der Waals surface area contributed by atoms with Crippen LogP contribution in [-0.4, -0.2) is 32.8 Å². The van der Waals surface area contributed by atoms with Crippen molar-refractivity contribution in [1.82, 2.24) is 19.7 Å². The average molecular weight is 367 g/mol. The van der Waals surface area contributed by atoms with Crippen LogP contribution in [0.1, 0.15) is 22.8 Å². The van der Waals surface area contributed by atoms with Crippen molar-refractivity contribution in [2.24, 2.45) is 5.73 Å². The van der Waals surface area contributed by atoms with E-state index in [-0.39, 0.29) is 5.56 Å². The van der Waals surface area contributed by atoms with Gasteiger partial charge >= 0.3 is 0 Å². The highest BCUT2D eigenvalue weighted by Gasteiger charge is 2.13. The van der Waals surface area contributed by atoms with Crippen LogP contribution in [0.2, 0.25) is 0 Å². The predicted octanol–water partition coefficient (Wildman–Crippen LogP) is 2.16. The second-order valence-electron chi connectivity index (χ2n) is 5.73. The number of nitrogens with two attached hydrogens (primary N) is 1. The zero-order valence-corrected chi connectivity index (χ0v) is 15.1. The average Bonchev–Trinajstić information content (AvgIpc) is 3.14. The van der Waals surface area contributed by atoms with Gasteiger partial charge in [0.05, 0.1) is 24.6 Å². The van der Waals surface area contributed by atoms with E-state index >= 15 is 0 Å². The van der Waals surface area contributed by atoms with Crippen LogP contribution < -0.4 is 21.1 Å². The largest absolute Gasteiger partial charge is 0.497 e. The third kappa shape index (κ3) is 4.51. The number of amides is 1. The molecular formula is C18H21N7O2. The van der Waals surface area contributed by atoms with Gasteiger partial charge in [0.1, 0.15) is 11.6 Å². The van der Waals surface area contributed by atoms with Gasteiger partial charge < -0.3 is 21.1 Å². The SMILES string of the molecule is CCn1cc(Nc2ncc(C(N)=O)c(NCc3cccc(OC)c3)n2)cn1. The van der Waals surface area contributed by atoms with E-state index in [9.17, 15) is 4.79 Å². The van der Waals surface area contributed by atoms with Crippen LogP contribution in [0.5, 0.6) is 5.75 Å². The summed E-state index contributed by atoms with van der Waals surface area (Å²) in [5, 5.41) is 10.4. The molecule has 0 unspecified atom stereocenters. The van der Waals surface area contributed by atoms with Gasteiger partial charge in [0.2, 0.25) is 5.95 Å². The summed E-state index contributed by atoms with van der Waals surface area (Å²) < 4.78 is 7.00. The Morgan fingerprint density at radius 2 is 2.19 bits per heavy atom. The molecule has 2 aromatic heterocycles. The molecule has 0 spiro atoms. The van der Waals surface area contributed by atoms with E-state index in [4.69, 9.17) is 10.5 Å². The van der Waals surface area contributed by atoms with Crippen LogP contribution >= 0.6 is 0 Å². The molecule has 140 valence electrons. The monoisotopic (exact) mass is 367 g/mol. The maximum Gasteiger partial charge on any atom is 0.254 e. The quantitative estimate of drug-likeness (QED) is 0.558. The Labute approximate surface area is 156 Å². The molecule has 1 aromatic carbocycles. The van der Waals surface area contributed by atoms with Crippen LogP contribution in [0, 0.1) is 0 Å². The minimum atomic E-state index is -0.603. The number of carbonyl (C=O) groups excluding carboxylic acids is 1. The first kappa shape index (κ1) is 18.2. The molecular weight excluding hydrogens is 346 g/mol. The Kier molecular flexibility index (Phi) is 5.50. The van der Waals surface area contributed by atoms with E-state index in [0.717, 1.165) is 23.5 Å². The molecule has 27 heavy (non-hydrogen) atoms. The molecule has 2 heterocycles. The molecule has 0 aliphatic heterocycles. The Hall–Kier alpha value is -3.62. The molecule has 0 atom stereocenters. The summed E-state index contributed by atoms with van der Waals surface area (Å²) in [6.07, 6.45) is 4.92. The third-order valence-corrected chi connectivity index (χ3v) is 3.86. The molecule has 9 heteroatoms. The molecule has 3 aromatic rings. The first-order chi connectivity index (χ1) is 13.1. The molecule has 3 rings (SSSR count). The molecule has 0 saturated carbocycles. The number of carbonyl (C=O) groups is 1. The topological polar surface area (TPSA) is 120 Å². The molecule has 0 fully saturated rings. The summed E-state index contributed by atoms with van der Waals surface area (Å²) in [5.74, 6) is 0.838. The molecule has 9 nitrogen and oxygen atoms in total. The number of ether oxygens (including phenoxy) is 1. The van der Waals surface area contributed by atoms with Crippen LogP contribution in [0.25, 0.3) is 0 Å². The van der Waals surface area contributed by atoms with E-state index in [1.807, 2.05) is 37.4 Å². The lowest BCUT2D eigenvalue weighted by molar-refractivity contribution is 0.100. The number of hydrogen-bond donors (Lipinski definition) is 3. The zero-order chi connectivity index (χ0) is 19.2. The van der Waals surface area contributed by atoms with Gasteiger partial charge in [-0.05, 0) is 24.6 Å². The lowest BCUT2D eigenvalue weighted by Gasteiger charge is -2.11. The molecule has 0 saturated heterocycles. The Balaban J connectivity index is 1.79. The summed E-state index contributed by atoms with van der Waals surface area (Å²) in [5.41, 5.74) is 7.38. The van der Waals surface area contributed by atoms with Crippen LogP contribution in [0.3, 0.4) is 0 Å². The standard InChI is InChI=1S/C18H21N7O2/c1-3-25-11-13(9-22-25)23-18-21-10-15(16(19)26)17(24-18)20-8-12-5-4-6-14(7-12)27-2/h4-7,9-11H,3,8H2,1-2H3,(H2,19,26)(H2,20,21,23,24). The van der Waals surface area contributed by atoms with Crippen molar-refractivity contribution in [2.75, 3.05) is 17.7 Å². The first-order valence-corrected chi connectivity index (χ1v) is 8.42. The number of aromatic nitrogens is 4. The summed E-state index contributed by atoms with van der Waals surface area (Å²) in [7, 11) is 1.61. The highest BCUT2D eigenvalue weighted by atomic mass is 16.5. The van der Waals surface area contributed by atoms with Crippen LogP contribution in [0.4, 0.5) is 17.5 Å². The van der Waals surface area contributed by atoms with Crippen molar-refractivity contribution < 1.29 is 9.53 Å². The van der Waals surface area contributed by atoms with Gasteiger partial charge in [0, 0.05) is 25.5 Å². The molecule has 0 radical (unpaired) electrons. The van der Waals surface area contributed by atoms with Crippen LogP contribution in [-0.2, 0) is 13.1 Å². The number of methoxy groups -OCH3 is 1. The number of nitrogens with one attached hydrogen (secondary N) is 2. The molecule has 0 aliphatic rings. The van der Waals surface area contributed by atoms with Crippen molar-refractivity contribution in [1.29, 1.82) is 0 Å². The van der Waals surface area contributed by atoms with E-state index in [1.165, 1.54) is 6.20 Å². The minimum absolute atomic E-state index is 0.215.